The fraction of sp³-hybridized carbons (Fsp3) is 0.100. The van der Waals surface area contributed by atoms with Gasteiger partial charge in [0.05, 0.1) is 30.1 Å². The van der Waals surface area contributed by atoms with Gasteiger partial charge in [-0.05, 0) is 36.4 Å². The number of nitrogens with zero attached hydrogens (tertiary/aromatic N) is 3. The lowest BCUT2D eigenvalue weighted by Gasteiger charge is -2.22. The largest absolute Gasteiger partial charge is 0.496 e. The number of fused-ring (bicyclic) bond motifs is 1. The van der Waals surface area contributed by atoms with Gasteiger partial charge in [0.1, 0.15) is 23.8 Å². The minimum atomic E-state index is -0.140. The Morgan fingerprint density at radius 2 is 1.64 bits per heavy atom. The Hall–Kier alpha value is -4.89. The van der Waals surface area contributed by atoms with Crippen LogP contribution in [0, 0.1) is 11.3 Å². The Kier molecular flexibility index (Phi) is 6.21. The van der Waals surface area contributed by atoms with E-state index in [1.807, 2.05) is 78.9 Å². The van der Waals surface area contributed by atoms with E-state index in [4.69, 9.17) is 9.47 Å². The molecule has 5 rings (SSSR count). The first kappa shape index (κ1) is 22.9. The van der Waals surface area contributed by atoms with E-state index in [-0.39, 0.29) is 12.5 Å². The summed E-state index contributed by atoms with van der Waals surface area (Å²) in [5, 5.41) is 9.44. The normalized spacial score (nSPS) is 12.8. The maximum absolute atomic E-state index is 12.9. The first-order chi connectivity index (χ1) is 17.6. The molecule has 6 nitrogen and oxygen atoms in total. The number of ether oxygens (including phenoxy) is 2. The zero-order valence-electron chi connectivity index (χ0n) is 19.9. The number of nitriles is 1. The van der Waals surface area contributed by atoms with Crippen LogP contribution in [0.25, 0.3) is 11.1 Å². The molecular weight excluding hydrogens is 450 g/mol. The summed E-state index contributed by atoms with van der Waals surface area (Å²) in [7, 11) is 3.37. The van der Waals surface area contributed by atoms with Crippen LogP contribution in [-0.2, 0) is 4.79 Å². The molecule has 0 aliphatic carbocycles. The minimum Gasteiger partial charge on any atom is -0.496 e. The van der Waals surface area contributed by atoms with Crippen molar-refractivity contribution in [2.45, 2.75) is 0 Å². The standard InChI is InChI=1S/C30H23N3O3/c1-33-26-17-28(36-22-11-4-3-5-12-22)24(23-13-6-7-14-27(23)35-2)16-25(26)30(32-19-29(33)34)21-10-8-9-20(15-21)18-31/h3-17H,19H2,1-2H3. The number of methoxy groups -OCH3 is 1. The van der Waals surface area contributed by atoms with Gasteiger partial charge >= 0.3 is 0 Å². The van der Waals surface area contributed by atoms with Crippen LogP contribution in [0.2, 0.25) is 0 Å². The van der Waals surface area contributed by atoms with Crippen LogP contribution in [0.4, 0.5) is 5.69 Å². The second-order valence-corrected chi connectivity index (χ2v) is 8.29. The number of para-hydroxylation sites is 2. The third kappa shape index (κ3) is 4.30. The summed E-state index contributed by atoms with van der Waals surface area (Å²) >= 11 is 0. The number of aliphatic imine (C=N–C) groups is 1. The molecule has 0 saturated carbocycles. The van der Waals surface area contributed by atoms with Gasteiger partial charge in [-0.1, -0.05) is 48.5 Å². The van der Waals surface area contributed by atoms with Crippen molar-refractivity contribution in [1.82, 2.24) is 0 Å². The van der Waals surface area contributed by atoms with Crippen LogP contribution in [0.15, 0.2) is 96.0 Å². The number of hydrogen-bond acceptors (Lipinski definition) is 5. The van der Waals surface area contributed by atoms with E-state index in [0.29, 0.717) is 34.2 Å². The maximum atomic E-state index is 12.9. The molecular formula is C30H23N3O3. The molecule has 0 unspecified atom stereocenters. The monoisotopic (exact) mass is 473 g/mol. The van der Waals surface area contributed by atoms with Gasteiger partial charge in [0.15, 0.2) is 0 Å². The number of benzene rings is 4. The number of amides is 1. The van der Waals surface area contributed by atoms with Crippen molar-refractivity contribution in [3.05, 3.63) is 108 Å². The first-order valence-corrected chi connectivity index (χ1v) is 11.5. The summed E-state index contributed by atoms with van der Waals surface area (Å²) in [6.07, 6.45) is 0. The highest BCUT2D eigenvalue weighted by atomic mass is 16.5. The molecule has 0 N–H and O–H groups in total. The van der Waals surface area contributed by atoms with Gasteiger partial charge in [0.2, 0.25) is 5.91 Å². The summed E-state index contributed by atoms with van der Waals surface area (Å²) in [5.41, 5.74) is 5.00. The average molecular weight is 474 g/mol. The molecule has 0 radical (unpaired) electrons. The van der Waals surface area contributed by atoms with Crippen LogP contribution in [0.5, 0.6) is 17.2 Å². The maximum Gasteiger partial charge on any atom is 0.248 e. The third-order valence-corrected chi connectivity index (χ3v) is 6.09. The molecule has 6 heteroatoms. The van der Waals surface area contributed by atoms with Crippen molar-refractivity contribution >= 4 is 17.3 Å². The quantitative estimate of drug-likeness (QED) is 0.365. The number of benzodiazepines with no additional fused rings is 1. The molecule has 0 saturated heterocycles. The Morgan fingerprint density at radius 3 is 2.42 bits per heavy atom. The van der Waals surface area contributed by atoms with E-state index >= 15 is 0 Å². The van der Waals surface area contributed by atoms with Crippen LogP contribution in [0.1, 0.15) is 16.7 Å². The van der Waals surface area contributed by atoms with E-state index in [9.17, 15) is 10.1 Å². The minimum absolute atomic E-state index is 0.00381. The molecule has 0 aromatic heterocycles. The van der Waals surface area contributed by atoms with Crippen LogP contribution in [-0.4, -0.2) is 32.3 Å². The Balaban J connectivity index is 1.78. The van der Waals surface area contributed by atoms with Gasteiger partial charge < -0.3 is 14.4 Å². The van der Waals surface area contributed by atoms with Crippen molar-refractivity contribution in [1.29, 1.82) is 5.26 Å². The number of carbonyl (C=O) groups is 1. The zero-order valence-corrected chi connectivity index (χ0v) is 19.9. The fourth-order valence-electron chi connectivity index (χ4n) is 4.27. The molecule has 0 atom stereocenters. The van der Waals surface area contributed by atoms with Gasteiger partial charge in [-0.15, -0.1) is 0 Å². The van der Waals surface area contributed by atoms with Crippen molar-refractivity contribution in [2.75, 3.05) is 25.6 Å². The second-order valence-electron chi connectivity index (χ2n) is 8.29. The third-order valence-electron chi connectivity index (χ3n) is 6.09. The second kappa shape index (κ2) is 9.77. The lowest BCUT2D eigenvalue weighted by atomic mass is 9.93. The highest BCUT2D eigenvalue weighted by molar-refractivity contribution is 6.20. The number of hydrogen-bond donors (Lipinski definition) is 0. The lowest BCUT2D eigenvalue weighted by molar-refractivity contribution is -0.116. The molecule has 1 aliphatic heterocycles. The number of likely N-dealkylation sites (N-methyl/N-ethyl adjacent to an activating group) is 1. The molecule has 4 aromatic carbocycles. The molecule has 176 valence electrons. The van der Waals surface area contributed by atoms with Gasteiger partial charge in [-0.2, -0.15) is 5.26 Å². The number of rotatable bonds is 5. The van der Waals surface area contributed by atoms with Crippen LogP contribution < -0.4 is 14.4 Å². The molecule has 36 heavy (non-hydrogen) atoms. The fourth-order valence-corrected chi connectivity index (χ4v) is 4.27. The average Bonchev–Trinajstić information content (AvgIpc) is 3.04. The summed E-state index contributed by atoms with van der Waals surface area (Å²) < 4.78 is 12.0. The number of anilines is 1. The van der Waals surface area contributed by atoms with Gasteiger partial charge in [0, 0.05) is 35.4 Å². The van der Waals surface area contributed by atoms with E-state index < -0.39 is 0 Å². The van der Waals surface area contributed by atoms with Crippen molar-refractivity contribution in [3.63, 3.8) is 0 Å². The van der Waals surface area contributed by atoms with Crippen LogP contribution >= 0.6 is 0 Å². The Bertz CT molecular complexity index is 1520. The molecule has 1 heterocycles. The highest BCUT2D eigenvalue weighted by Crippen LogP contribution is 2.43. The predicted molar refractivity (Wildman–Crippen MR) is 140 cm³/mol. The topological polar surface area (TPSA) is 74.9 Å². The SMILES string of the molecule is COc1ccccc1-c1cc2c(cc1Oc1ccccc1)N(C)C(=O)CN=C2c1cccc(C#N)c1. The zero-order chi connectivity index (χ0) is 25.1. The first-order valence-electron chi connectivity index (χ1n) is 11.5. The van der Waals surface area contributed by atoms with Crippen molar-refractivity contribution < 1.29 is 14.3 Å². The molecule has 4 aromatic rings. The molecule has 0 fully saturated rings. The number of carbonyl (C=O) groups excluding carboxylic acids is 1. The molecule has 0 spiro atoms. The van der Waals surface area contributed by atoms with E-state index in [2.05, 4.69) is 11.1 Å². The van der Waals surface area contributed by atoms with E-state index in [1.54, 1.807) is 31.2 Å². The van der Waals surface area contributed by atoms with Gasteiger partial charge in [-0.25, -0.2) is 0 Å². The van der Waals surface area contributed by atoms with E-state index in [0.717, 1.165) is 22.3 Å². The molecule has 1 amide bonds. The van der Waals surface area contributed by atoms with Gasteiger partial charge in [0.25, 0.3) is 0 Å². The van der Waals surface area contributed by atoms with Crippen molar-refractivity contribution in [2.24, 2.45) is 4.99 Å². The summed E-state index contributed by atoms with van der Waals surface area (Å²) in [6.45, 7) is -0.00381. The Labute approximate surface area is 209 Å². The van der Waals surface area contributed by atoms with Crippen LogP contribution in [0.3, 0.4) is 0 Å². The summed E-state index contributed by atoms with van der Waals surface area (Å²) in [4.78, 5) is 19.2. The predicted octanol–water partition coefficient (Wildman–Crippen LogP) is 5.84. The summed E-state index contributed by atoms with van der Waals surface area (Å²) in [5.74, 6) is 1.81. The van der Waals surface area contributed by atoms with E-state index in [1.165, 1.54) is 0 Å². The lowest BCUT2D eigenvalue weighted by Crippen LogP contribution is -2.27. The van der Waals surface area contributed by atoms with Crippen molar-refractivity contribution in [3.8, 4) is 34.4 Å². The molecule has 0 bridgehead atoms. The molecule has 1 aliphatic rings. The highest BCUT2D eigenvalue weighted by Gasteiger charge is 2.26. The smallest absolute Gasteiger partial charge is 0.248 e. The summed E-state index contributed by atoms with van der Waals surface area (Å²) in [6, 6.07) is 30.5. The van der Waals surface area contributed by atoms with Gasteiger partial charge in [-0.3, -0.25) is 9.79 Å². The Morgan fingerprint density at radius 1 is 0.861 bits per heavy atom.